The number of rotatable bonds is 5. The molecule has 0 spiro atoms. The lowest BCUT2D eigenvalue weighted by atomic mass is 9.92. The Morgan fingerprint density at radius 3 is 2.69 bits per heavy atom. The third-order valence-corrected chi connectivity index (χ3v) is 6.20. The number of methoxy groups -OCH3 is 1. The molecule has 0 bridgehead atoms. The Bertz CT molecular complexity index is 1260. The molecule has 1 aliphatic heterocycles. The maximum absolute atomic E-state index is 11.3. The van der Waals surface area contributed by atoms with Crippen molar-refractivity contribution < 1.29 is 9.53 Å². The first kappa shape index (κ1) is 20.3. The van der Waals surface area contributed by atoms with Crippen LogP contribution in [0.2, 0.25) is 0 Å². The molecule has 1 atom stereocenters. The van der Waals surface area contributed by atoms with Gasteiger partial charge < -0.3 is 15.0 Å². The van der Waals surface area contributed by atoms with Gasteiger partial charge in [0.15, 0.2) is 0 Å². The van der Waals surface area contributed by atoms with Gasteiger partial charge in [0.1, 0.15) is 5.75 Å². The van der Waals surface area contributed by atoms with Crippen molar-refractivity contribution in [2.75, 3.05) is 19.0 Å². The van der Waals surface area contributed by atoms with Crippen LogP contribution >= 0.6 is 0 Å². The van der Waals surface area contributed by atoms with Crippen LogP contribution in [-0.2, 0) is 17.8 Å². The molecule has 162 valence electrons. The monoisotopic (exact) mass is 425 g/mol. The van der Waals surface area contributed by atoms with Gasteiger partial charge in [0.05, 0.1) is 13.2 Å². The van der Waals surface area contributed by atoms with Gasteiger partial charge in [-0.1, -0.05) is 42.5 Å². The van der Waals surface area contributed by atoms with Crippen molar-refractivity contribution in [1.29, 1.82) is 0 Å². The molecule has 0 saturated carbocycles. The van der Waals surface area contributed by atoms with Crippen LogP contribution in [0.15, 0.2) is 72.8 Å². The Morgan fingerprint density at radius 2 is 1.91 bits per heavy atom. The molecule has 1 aliphatic rings. The SMILES string of the molecule is COc1cccc([C@H]2c3[nH]c4ccccc4c3CCN2Cc2ccc(NC(C)=O)cc2)c1. The molecular formula is C27H27N3O2. The third-order valence-electron chi connectivity index (χ3n) is 6.20. The number of anilines is 1. The fourth-order valence-corrected chi connectivity index (χ4v) is 4.78. The van der Waals surface area contributed by atoms with Gasteiger partial charge >= 0.3 is 0 Å². The molecule has 0 aliphatic carbocycles. The van der Waals surface area contributed by atoms with Gasteiger partial charge in [0.25, 0.3) is 0 Å². The molecule has 3 aromatic carbocycles. The highest BCUT2D eigenvalue weighted by Crippen LogP contribution is 2.39. The van der Waals surface area contributed by atoms with E-state index < -0.39 is 0 Å². The van der Waals surface area contributed by atoms with Crippen molar-refractivity contribution in [1.82, 2.24) is 9.88 Å². The predicted molar refractivity (Wildman–Crippen MR) is 128 cm³/mol. The fourth-order valence-electron chi connectivity index (χ4n) is 4.78. The van der Waals surface area contributed by atoms with Gasteiger partial charge in [-0.05, 0) is 53.4 Å². The van der Waals surface area contributed by atoms with E-state index in [0.29, 0.717) is 0 Å². The fraction of sp³-hybridized carbons (Fsp3) is 0.222. The molecule has 1 amide bonds. The quantitative estimate of drug-likeness (QED) is 0.457. The summed E-state index contributed by atoms with van der Waals surface area (Å²) >= 11 is 0. The molecule has 4 aromatic rings. The maximum atomic E-state index is 11.3. The van der Waals surface area contributed by atoms with E-state index in [9.17, 15) is 4.79 Å². The van der Waals surface area contributed by atoms with Crippen molar-refractivity contribution in [3.8, 4) is 5.75 Å². The van der Waals surface area contributed by atoms with Gasteiger partial charge in [-0.3, -0.25) is 9.69 Å². The number of amides is 1. The van der Waals surface area contributed by atoms with Gasteiger partial charge in [-0.25, -0.2) is 0 Å². The summed E-state index contributed by atoms with van der Waals surface area (Å²) in [7, 11) is 1.71. The minimum Gasteiger partial charge on any atom is -0.497 e. The lowest BCUT2D eigenvalue weighted by molar-refractivity contribution is -0.114. The highest BCUT2D eigenvalue weighted by atomic mass is 16.5. The number of carbonyl (C=O) groups excluding carboxylic acids is 1. The summed E-state index contributed by atoms with van der Waals surface area (Å²) in [6.45, 7) is 3.31. The predicted octanol–water partition coefficient (Wildman–Crippen LogP) is 5.28. The summed E-state index contributed by atoms with van der Waals surface area (Å²) in [6, 6.07) is 25.2. The molecule has 5 nitrogen and oxygen atoms in total. The smallest absolute Gasteiger partial charge is 0.221 e. The van der Waals surface area contributed by atoms with E-state index in [0.717, 1.165) is 30.9 Å². The Morgan fingerprint density at radius 1 is 1.09 bits per heavy atom. The molecule has 0 radical (unpaired) electrons. The largest absolute Gasteiger partial charge is 0.497 e. The highest BCUT2D eigenvalue weighted by Gasteiger charge is 2.31. The first-order valence-corrected chi connectivity index (χ1v) is 11.0. The minimum absolute atomic E-state index is 0.0572. The molecule has 0 fully saturated rings. The van der Waals surface area contributed by atoms with Gasteiger partial charge in [0.2, 0.25) is 5.91 Å². The number of aromatic amines is 1. The standard InChI is InChI=1S/C27H27N3O2/c1-18(31)28-21-12-10-19(11-13-21)17-30-15-14-24-23-8-3-4-9-25(23)29-26(24)27(30)20-6-5-7-22(16-20)32-2/h3-13,16,27,29H,14-15,17H2,1-2H3,(H,28,31)/t27-/m0/s1. The summed E-state index contributed by atoms with van der Waals surface area (Å²) < 4.78 is 5.53. The second-order valence-corrected chi connectivity index (χ2v) is 8.34. The Kier molecular flexibility index (Phi) is 5.41. The molecule has 5 rings (SSSR count). The molecule has 1 aromatic heterocycles. The normalized spacial score (nSPS) is 16.0. The molecule has 5 heteroatoms. The third kappa shape index (κ3) is 3.87. The van der Waals surface area contributed by atoms with E-state index in [1.807, 2.05) is 18.2 Å². The number of para-hydroxylation sites is 1. The van der Waals surface area contributed by atoms with Crippen molar-refractivity contribution in [3.63, 3.8) is 0 Å². The average Bonchev–Trinajstić information content (AvgIpc) is 3.18. The highest BCUT2D eigenvalue weighted by molar-refractivity contribution is 5.88. The van der Waals surface area contributed by atoms with Crippen LogP contribution in [0, 0.1) is 0 Å². The second kappa shape index (κ2) is 8.52. The van der Waals surface area contributed by atoms with E-state index in [-0.39, 0.29) is 11.9 Å². The Balaban J connectivity index is 1.53. The van der Waals surface area contributed by atoms with Crippen LogP contribution in [0.4, 0.5) is 5.69 Å². The lowest BCUT2D eigenvalue weighted by Gasteiger charge is -2.36. The zero-order valence-corrected chi connectivity index (χ0v) is 18.4. The number of ether oxygens (including phenoxy) is 1. The number of hydrogen-bond acceptors (Lipinski definition) is 3. The van der Waals surface area contributed by atoms with E-state index in [1.54, 1.807) is 7.11 Å². The Hall–Kier alpha value is -3.57. The van der Waals surface area contributed by atoms with E-state index in [2.05, 4.69) is 69.8 Å². The van der Waals surface area contributed by atoms with Crippen LogP contribution < -0.4 is 10.1 Å². The summed E-state index contributed by atoms with van der Waals surface area (Å²) in [5.41, 5.74) is 7.11. The van der Waals surface area contributed by atoms with Crippen LogP contribution in [0.3, 0.4) is 0 Å². The summed E-state index contributed by atoms with van der Waals surface area (Å²) in [5, 5.41) is 4.15. The average molecular weight is 426 g/mol. The molecule has 0 saturated heterocycles. The van der Waals surface area contributed by atoms with Crippen molar-refractivity contribution >= 4 is 22.5 Å². The van der Waals surface area contributed by atoms with Crippen LogP contribution in [0.5, 0.6) is 5.75 Å². The molecular weight excluding hydrogens is 398 g/mol. The number of nitrogens with one attached hydrogen (secondary N) is 2. The number of carbonyl (C=O) groups is 1. The van der Waals surface area contributed by atoms with E-state index >= 15 is 0 Å². The number of aromatic nitrogens is 1. The van der Waals surface area contributed by atoms with Crippen LogP contribution in [0.25, 0.3) is 10.9 Å². The number of fused-ring (bicyclic) bond motifs is 3. The zero-order valence-electron chi connectivity index (χ0n) is 18.4. The van der Waals surface area contributed by atoms with Gasteiger partial charge in [-0.2, -0.15) is 0 Å². The van der Waals surface area contributed by atoms with Crippen molar-refractivity contribution in [2.45, 2.75) is 25.9 Å². The molecule has 2 heterocycles. The number of benzene rings is 3. The number of H-pyrrole nitrogens is 1. The molecule has 0 unspecified atom stereocenters. The Labute approximate surface area is 188 Å². The number of nitrogens with zero attached hydrogens (tertiary/aromatic N) is 1. The van der Waals surface area contributed by atoms with Gasteiger partial charge in [-0.15, -0.1) is 0 Å². The van der Waals surface area contributed by atoms with Crippen LogP contribution in [-0.4, -0.2) is 29.4 Å². The van der Waals surface area contributed by atoms with Crippen molar-refractivity contribution in [3.05, 3.63) is 95.2 Å². The molecule has 2 N–H and O–H groups in total. The van der Waals surface area contributed by atoms with E-state index in [1.165, 1.54) is 40.2 Å². The summed E-state index contributed by atoms with van der Waals surface area (Å²) in [6.07, 6.45) is 1.00. The topological polar surface area (TPSA) is 57.4 Å². The first-order valence-electron chi connectivity index (χ1n) is 11.0. The lowest BCUT2D eigenvalue weighted by Crippen LogP contribution is -2.35. The second-order valence-electron chi connectivity index (χ2n) is 8.34. The van der Waals surface area contributed by atoms with E-state index in [4.69, 9.17) is 4.74 Å². The first-order chi connectivity index (χ1) is 15.6. The maximum Gasteiger partial charge on any atom is 0.221 e. The minimum atomic E-state index is -0.0572. The van der Waals surface area contributed by atoms with Gasteiger partial charge in [0, 0.05) is 42.3 Å². The zero-order chi connectivity index (χ0) is 22.1. The van der Waals surface area contributed by atoms with Crippen molar-refractivity contribution in [2.24, 2.45) is 0 Å². The molecule has 32 heavy (non-hydrogen) atoms. The van der Waals surface area contributed by atoms with Crippen LogP contribution in [0.1, 0.15) is 35.3 Å². The number of hydrogen-bond donors (Lipinski definition) is 2. The summed E-state index contributed by atoms with van der Waals surface area (Å²) in [5.74, 6) is 0.809. The summed E-state index contributed by atoms with van der Waals surface area (Å²) in [4.78, 5) is 17.6.